The number of phenols is 3. The number of anilines is 2. The second-order valence-electron chi connectivity index (χ2n) is 6.28. The lowest BCUT2D eigenvalue weighted by atomic mass is 10.1. The van der Waals surface area contributed by atoms with Gasteiger partial charge in [0.05, 0.1) is 10.5 Å². The zero-order chi connectivity index (χ0) is 21.2. The third kappa shape index (κ3) is 4.41. The van der Waals surface area contributed by atoms with Gasteiger partial charge in [-0.15, -0.1) is 0 Å². The SMILES string of the molecule is Cc1cccc(NS(=O)(=O)c2ccc(NC(=O)c3ccc(O)c(O)c3O)cc2)c1. The van der Waals surface area contributed by atoms with Gasteiger partial charge >= 0.3 is 0 Å². The maximum atomic E-state index is 12.5. The number of hydrogen-bond donors (Lipinski definition) is 5. The molecule has 3 aromatic rings. The Kier molecular flexibility index (Phi) is 5.33. The van der Waals surface area contributed by atoms with Crippen LogP contribution in [0.2, 0.25) is 0 Å². The second kappa shape index (κ2) is 7.72. The predicted octanol–water partition coefficient (Wildman–Crippen LogP) is 3.16. The molecule has 29 heavy (non-hydrogen) atoms. The summed E-state index contributed by atoms with van der Waals surface area (Å²) in [7, 11) is -3.81. The zero-order valence-corrected chi connectivity index (χ0v) is 16.1. The molecule has 0 aliphatic rings. The summed E-state index contributed by atoms with van der Waals surface area (Å²) in [5, 5.41) is 31.1. The molecule has 3 rings (SSSR count). The zero-order valence-electron chi connectivity index (χ0n) is 15.2. The molecule has 8 nitrogen and oxygen atoms in total. The fourth-order valence-electron chi connectivity index (χ4n) is 2.59. The average molecular weight is 414 g/mol. The van der Waals surface area contributed by atoms with Crippen molar-refractivity contribution in [2.45, 2.75) is 11.8 Å². The fraction of sp³-hybridized carbons (Fsp3) is 0.0500. The van der Waals surface area contributed by atoms with Crippen molar-refractivity contribution in [1.82, 2.24) is 0 Å². The Hall–Kier alpha value is -3.72. The Bertz CT molecular complexity index is 1170. The molecule has 0 aliphatic heterocycles. The molecule has 5 N–H and O–H groups in total. The van der Waals surface area contributed by atoms with E-state index in [4.69, 9.17) is 0 Å². The van der Waals surface area contributed by atoms with Crippen molar-refractivity contribution in [3.8, 4) is 17.2 Å². The number of amides is 1. The minimum atomic E-state index is -3.81. The molecule has 0 saturated carbocycles. The van der Waals surface area contributed by atoms with Crippen molar-refractivity contribution in [3.63, 3.8) is 0 Å². The molecule has 0 bridgehead atoms. The number of carbonyl (C=O) groups excluding carboxylic acids is 1. The lowest BCUT2D eigenvalue weighted by molar-refractivity contribution is 0.102. The molecule has 9 heteroatoms. The lowest BCUT2D eigenvalue weighted by Crippen LogP contribution is -2.14. The smallest absolute Gasteiger partial charge is 0.261 e. The van der Waals surface area contributed by atoms with Crippen LogP contribution in [0.3, 0.4) is 0 Å². The molecule has 0 unspecified atom stereocenters. The summed E-state index contributed by atoms with van der Waals surface area (Å²) in [4.78, 5) is 12.3. The van der Waals surface area contributed by atoms with Crippen molar-refractivity contribution in [2.24, 2.45) is 0 Å². The fourth-order valence-corrected chi connectivity index (χ4v) is 3.64. The van der Waals surface area contributed by atoms with Gasteiger partial charge in [-0.2, -0.15) is 0 Å². The van der Waals surface area contributed by atoms with Crippen molar-refractivity contribution in [1.29, 1.82) is 0 Å². The molecule has 0 saturated heterocycles. The van der Waals surface area contributed by atoms with Gasteiger partial charge < -0.3 is 20.6 Å². The van der Waals surface area contributed by atoms with E-state index in [1.54, 1.807) is 18.2 Å². The third-order valence-corrected chi connectivity index (χ3v) is 5.46. The number of sulfonamides is 1. The monoisotopic (exact) mass is 414 g/mol. The molecule has 3 aromatic carbocycles. The highest BCUT2D eigenvalue weighted by atomic mass is 32.2. The van der Waals surface area contributed by atoms with Crippen LogP contribution in [-0.4, -0.2) is 29.6 Å². The molecule has 0 spiro atoms. The Morgan fingerprint density at radius 2 is 1.55 bits per heavy atom. The van der Waals surface area contributed by atoms with Crippen LogP contribution in [0.1, 0.15) is 15.9 Å². The number of phenolic OH excluding ortho intramolecular Hbond substituents is 3. The largest absolute Gasteiger partial charge is 0.504 e. The minimum absolute atomic E-state index is 0.00197. The van der Waals surface area contributed by atoms with Gasteiger partial charge in [-0.1, -0.05) is 12.1 Å². The van der Waals surface area contributed by atoms with E-state index >= 15 is 0 Å². The van der Waals surface area contributed by atoms with E-state index in [1.807, 2.05) is 13.0 Å². The van der Waals surface area contributed by atoms with Crippen molar-refractivity contribution >= 4 is 27.3 Å². The average Bonchev–Trinajstić information content (AvgIpc) is 2.66. The van der Waals surface area contributed by atoms with Crippen LogP contribution in [0.15, 0.2) is 65.6 Å². The summed E-state index contributed by atoms with van der Waals surface area (Å²) in [6.07, 6.45) is 0. The Balaban J connectivity index is 1.76. The van der Waals surface area contributed by atoms with Crippen LogP contribution in [0.25, 0.3) is 0 Å². The van der Waals surface area contributed by atoms with Crippen LogP contribution < -0.4 is 10.0 Å². The van der Waals surface area contributed by atoms with Gasteiger partial charge in [0.2, 0.25) is 5.75 Å². The van der Waals surface area contributed by atoms with E-state index in [0.717, 1.165) is 17.7 Å². The van der Waals surface area contributed by atoms with E-state index in [1.165, 1.54) is 24.3 Å². The van der Waals surface area contributed by atoms with E-state index in [0.29, 0.717) is 5.69 Å². The van der Waals surface area contributed by atoms with Crippen LogP contribution in [0, 0.1) is 6.92 Å². The van der Waals surface area contributed by atoms with Gasteiger partial charge in [0.1, 0.15) is 0 Å². The summed E-state index contributed by atoms with van der Waals surface area (Å²) in [5.41, 5.74) is 1.37. The quantitative estimate of drug-likeness (QED) is 0.407. The highest BCUT2D eigenvalue weighted by Gasteiger charge is 2.18. The highest BCUT2D eigenvalue weighted by molar-refractivity contribution is 7.92. The van der Waals surface area contributed by atoms with Gasteiger partial charge in [0.25, 0.3) is 15.9 Å². The van der Waals surface area contributed by atoms with Gasteiger partial charge in [-0.05, 0) is 61.0 Å². The number of hydrogen-bond acceptors (Lipinski definition) is 6. The normalized spacial score (nSPS) is 11.1. The number of carbonyl (C=O) groups is 1. The second-order valence-corrected chi connectivity index (χ2v) is 7.97. The summed E-state index contributed by atoms with van der Waals surface area (Å²) in [6, 6.07) is 14.6. The maximum Gasteiger partial charge on any atom is 0.261 e. The third-order valence-electron chi connectivity index (χ3n) is 4.07. The number of aromatic hydroxyl groups is 3. The van der Waals surface area contributed by atoms with Crippen LogP contribution in [0.5, 0.6) is 17.2 Å². The first-order chi connectivity index (χ1) is 13.7. The van der Waals surface area contributed by atoms with E-state index in [2.05, 4.69) is 10.0 Å². The lowest BCUT2D eigenvalue weighted by Gasteiger charge is -2.11. The van der Waals surface area contributed by atoms with Crippen LogP contribution >= 0.6 is 0 Å². The number of aryl methyl sites for hydroxylation is 1. The Morgan fingerprint density at radius 3 is 2.21 bits per heavy atom. The van der Waals surface area contributed by atoms with Gasteiger partial charge in [0, 0.05) is 11.4 Å². The number of rotatable bonds is 5. The molecule has 0 radical (unpaired) electrons. The molecule has 0 heterocycles. The molecule has 150 valence electrons. The maximum absolute atomic E-state index is 12.5. The molecule has 0 fully saturated rings. The first kappa shape index (κ1) is 20.0. The highest BCUT2D eigenvalue weighted by Crippen LogP contribution is 2.37. The summed E-state index contributed by atoms with van der Waals surface area (Å²) < 4.78 is 27.5. The number of nitrogens with one attached hydrogen (secondary N) is 2. The van der Waals surface area contributed by atoms with E-state index in [9.17, 15) is 28.5 Å². The van der Waals surface area contributed by atoms with E-state index < -0.39 is 33.2 Å². The first-order valence-electron chi connectivity index (χ1n) is 8.42. The molecular formula is C20H18N2O6S. The Labute approximate surface area is 167 Å². The van der Waals surface area contributed by atoms with Gasteiger partial charge in [-0.3, -0.25) is 9.52 Å². The van der Waals surface area contributed by atoms with Crippen molar-refractivity contribution < 1.29 is 28.5 Å². The summed E-state index contributed by atoms with van der Waals surface area (Å²) in [6.45, 7) is 1.85. The van der Waals surface area contributed by atoms with E-state index in [-0.39, 0.29) is 16.1 Å². The number of benzene rings is 3. The molecule has 1 amide bonds. The Morgan fingerprint density at radius 1 is 0.862 bits per heavy atom. The van der Waals surface area contributed by atoms with Crippen molar-refractivity contribution in [3.05, 3.63) is 71.8 Å². The molecular weight excluding hydrogens is 396 g/mol. The minimum Gasteiger partial charge on any atom is -0.504 e. The molecule has 0 aromatic heterocycles. The van der Waals surface area contributed by atoms with Crippen LogP contribution in [0.4, 0.5) is 11.4 Å². The van der Waals surface area contributed by atoms with Gasteiger partial charge in [0.15, 0.2) is 11.5 Å². The molecule has 0 atom stereocenters. The molecule has 0 aliphatic carbocycles. The predicted molar refractivity (Wildman–Crippen MR) is 108 cm³/mol. The standard InChI is InChI=1S/C20H18N2O6S/c1-12-3-2-4-14(11-12)22-29(27,28)15-7-5-13(6-8-15)21-20(26)16-9-10-17(23)19(25)18(16)24/h2-11,22-25H,1H3,(H,21,26). The first-order valence-corrected chi connectivity index (χ1v) is 9.90. The topological polar surface area (TPSA) is 136 Å². The van der Waals surface area contributed by atoms with Crippen LogP contribution in [-0.2, 0) is 10.0 Å². The summed E-state index contributed by atoms with van der Waals surface area (Å²) >= 11 is 0. The van der Waals surface area contributed by atoms with Crippen molar-refractivity contribution in [2.75, 3.05) is 10.0 Å². The van der Waals surface area contributed by atoms with Gasteiger partial charge in [-0.25, -0.2) is 8.42 Å². The summed E-state index contributed by atoms with van der Waals surface area (Å²) in [5.74, 6) is -2.87.